The molecule has 2 atom stereocenters. The lowest BCUT2D eigenvalue weighted by atomic mass is 10.0. The molecule has 1 aliphatic heterocycles. The van der Waals surface area contributed by atoms with Gasteiger partial charge in [0.15, 0.2) is 5.69 Å². The molecule has 1 amide bonds. The van der Waals surface area contributed by atoms with Crippen LogP contribution in [0, 0.1) is 0 Å². The Hall–Kier alpha value is -3.43. The van der Waals surface area contributed by atoms with E-state index < -0.39 is 17.7 Å². The number of pyridine rings is 1. The zero-order valence-corrected chi connectivity index (χ0v) is 21.2. The second-order valence-electron chi connectivity index (χ2n) is 9.93. The Morgan fingerprint density at radius 1 is 1.31 bits per heavy atom. The summed E-state index contributed by atoms with van der Waals surface area (Å²) in [6, 6.07) is 11.5. The van der Waals surface area contributed by atoms with Gasteiger partial charge < -0.3 is 29.8 Å². The predicted octanol–water partition coefficient (Wildman–Crippen LogP) is 3.95. The van der Waals surface area contributed by atoms with Crippen LogP contribution in [0.2, 0.25) is 0 Å². The normalized spacial score (nSPS) is 16.6. The molecule has 3 N–H and O–H groups in total. The molecular formula is C27H34N4O5. The highest BCUT2D eigenvalue weighted by molar-refractivity contribution is 6.12. The molecule has 0 aliphatic carbocycles. The zero-order chi connectivity index (χ0) is 25.9. The van der Waals surface area contributed by atoms with Gasteiger partial charge in [-0.05, 0) is 51.7 Å². The molecule has 1 aromatic carbocycles. The summed E-state index contributed by atoms with van der Waals surface area (Å²) in [5.74, 6) is -0.873. The molecule has 1 aliphatic rings. The van der Waals surface area contributed by atoms with E-state index >= 15 is 0 Å². The van der Waals surface area contributed by atoms with Gasteiger partial charge in [-0.15, -0.1) is 0 Å². The Kier molecular flexibility index (Phi) is 7.61. The zero-order valence-electron chi connectivity index (χ0n) is 21.2. The second kappa shape index (κ2) is 10.7. The minimum absolute atomic E-state index is 0.0411. The van der Waals surface area contributed by atoms with E-state index in [0.717, 1.165) is 12.0 Å². The summed E-state index contributed by atoms with van der Waals surface area (Å²) >= 11 is 0. The van der Waals surface area contributed by atoms with Crippen molar-refractivity contribution < 1.29 is 24.2 Å². The van der Waals surface area contributed by atoms with E-state index in [1.54, 1.807) is 24.6 Å². The second-order valence-corrected chi connectivity index (χ2v) is 9.93. The first-order valence-corrected chi connectivity index (χ1v) is 12.2. The summed E-state index contributed by atoms with van der Waals surface area (Å²) in [5, 5.41) is 17.1. The minimum atomic E-state index is -0.832. The van der Waals surface area contributed by atoms with Gasteiger partial charge in [0.25, 0.3) is 5.91 Å². The maximum Gasteiger partial charge on any atom is 0.356 e. The van der Waals surface area contributed by atoms with Crippen molar-refractivity contribution >= 4 is 34.3 Å². The standard InChI is InChI=1S/C27H34N4O5/c1-17(14-27(2,3)34)29-19-13-20-22(30-25(32)21-11-8-12-36-21)23(26(33)35-4)31(24(20)28-15-19)16-18-9-6-5-7-10-18/h5-7,9-10,13,15,17,21,29,34H,8,11-12,14,16H2,1-4H3,(H,30,32)/t17-,21-/m1/s1. The van der Waals surface area contributed by atoms with Crippen LogP contribution in [0.25, 0.3) is 11.0 Å². The summed E-state index contributed by atoms with van der Waals surface area (Å²) in [6.07, 6.45) is 3.09. The molecule has 1 saturated heterocycles. The molecular weight excluding hydrogens is 460 g/mol. The Balaban J connectivity index is 1.81. The number of amides is 1. The molecule has 36 heavy (non-hydrogen) atoms. The van der Waals surface area contributed by atoms with Crippen LogP contribution >= 0.6 is 0 Å². The number of nitrogens with zero attached hydrogens (tertiary/aromatic N) is 2. The van der Waals surface area contributed by atoms with Crippen LogP contribution in [-0.2, 0) is 20.8 Å². The van der Waals surface area contributed by atoms with Crippen LogP contribution < -0.4 is 10.6 Å². The number of esters is 1. The van der Waals surface area contributed by atoms with E-state index in [4.69, 9.17) is 9.47 Å². The van der Waals surface area contributed by atoms with E-state index in [2.05, 4.69) is 15.6 Å². The number of ether oxygens (including phenoxy) is 2. The molecule has 0 unspecified atom stereocenters. The molecule has 0 bridgehead atoms. The fourth-order valence-corrected chi connectivity index (χ4v) is 4.73. The van der Waals surface area contributed by atoms with Gasteiger partial charge in [0.05, 0.1) is 30.3 Å². The highest BCUT2D eigenvalue weighted by Gasteiger charge is 2.30. The van der Waals surface area contributed by atoms with Crippen molar-refractivity contribution in [2.45, 2.75) is 64.3 Å². The quantitative estimate of drug-likeness (QED) is 0.386. The summed E-state index contributed by atoms with van der Waals surface area (Å²) in [7, 11) is 1.32. The number of hydrogen-bond donors (Lipinski definition) is 3. The van der Waals surface area contributed by atoms with Gasteiger partial charge in [0, 0.05) is 24.6 Å². The van der Waals surface area contributed by atoms with Crippen LogP contribution in [0.5, 0.6) is 0 Å². The number of nitrogens with one attached hydrogen (secondary N) is 2. The maximum absolute atomic E-state index is 13.0. The molecule has 3 heterocycles. The number of benzene rings is 1. The molecule has 4 rings (SSSR count). The molecule has 9 nitrogen and oxygen atoms in total. The van der Waals surface area contributed by atoms with Gasteiger partial charge in [-0.25, -0.2) is 9.78 Å². The minimum Gasteiger partial charge on any atom is -0.464 e. The number of rotatable bonds is 9. The number of aliphatic hydroxyl groups is 1. The highest BCUT2D eigenvalue weighted by atomic mass is 16.5. The van der Waals surface area contributed by atoms with Gasteiger partial charge in [0.2, 0.25) is 0 Å². The van der Waals surface area contributed by atoms with E-state index in [0.29, 0.717) is 48.4 Å². The van der Waals surface area contributed by atoms with Gasteiger partial charge >= 0.3 is 5.97 Å². The Bertz CT molecular complexity index is 1230. The third kappa shape index (κ3) is 5.85. The van der Waals surface area contributed by atoms with Gasteiger partial charge in [-0.1, -0.05) is 30.3 Å². The number of carbonyl (C=O) groups excluding carboxylic acids is 2. The van der Waals surface area contributed by atoms with Crippen molar-refractivity contribution in [2.75, 3.05) is 24.4 Å². The average molecular weight is 495 g/mol. The molecule has 0 spiro atoms. The van der Waals surface area contributed by atoms with Crippen molar-refractivity contribution in [1.29, 1.82) is 0 Å². The van der Waals surface area contributed by atoms with Crippen molar-refractivity contribution in [3.8, 4) is 0 Å². The van der Waals surface area contributed by atoms with E-state index in [1.165, 1.54) is 7.11 Å². The monoisotopic (exact) mass is 494 g/mol. The van der Waals surface area contributed by atoms with Gasteiger partial charge in [-0.3, -0.25) is 4.79 Å². The topological polar surface area (TPSA) is 115 Å². The summed E-state index contributed by atoms with van der Waals surface area (Å²) < 4.78 is 12.5. The van der Waals surface area contributed by atoms with Crippen molar-refractivity contribution in [3.63, 3.8) is 0 Å². The summed E-state index contributed by atoms with van der Waals surface area (Å²) in [4.78, 5) is 30.8. The molecule has 1 fully saturated rings. The first-order chi connectivity index (χ1) is 17.2. The molecule has 3 aromatic rings. The maximum atomic E-state index is 13.0. The van der Waals surface area contributed by atoms with Crippen molar-refractivity contribution in [3.05, 3.63) is 53.9 Å². The fourth-order valence-electron chi connectivity index (χ4n) is 4.73. The smallest absolute Gasteiger partial charge is 0.356 e. The number of methoxy groups -OCH3 is 1. The Labute approximate surface area is 210 Å². The Morgan fingerprint density at radius 2 is 2.06 bits per heavy atom. The number of fused-ring (bicyclic) bond motifs is 1. The SMILES string of the molecule is COC(=O)c1c(NC(=O)[C@H]2CCCO2)c2cc(N[C@H](C)CC(C)(C)O)cnc2n1Cc1ccccc1. The lowest BCUT2D eigenvalue weighted by Gasteiger charge is -2.23. The predicted molar refractivity (Wildman–Crippen MR) is 138 cm³/mol. The molecule has 192 valence electrons. The third-order valence-corrected chi connectivity index (χ3v) is 6.15. The molecule has 0 radical (unpaired) electrons. The number of aromatic nitrogens is 2. The van der Waals surface area contributed by atoms with E-state index in [9.17, 15) is 14.7 Å². The fraction of sp³-hybridized carbons (Fsp3) is 0.444. The molecule has 0 saturated carbocycles. The number of carbonyl (C=O) groups is 2. The van der Waals surface area contributed by atoms with Gasteiger partial charge in [-0.2, -0.15) is 0 Å². The largest absolute Gasteiger partial charge is 0.464 e. The molecule has 9 heteroatoms. The summed E-state index contributed by atoms with van der Waals surface area (Å²) in [5.41, 5.74) is 1.96. The van der Waals surface area contributed by atoms with Gasteiger partial charge in [0.1, 0.15) is 11.8 Å². The van der Waals surface area contributed by atoms with Crippen LogP contribution in [-0.4, -0.2) is 58.0 Å². The number of anilines is 2. The highest BCUT2D eigenvalue weighted by Crippen LogP contribution is 2.34. The number of hydrogen-bond acceptors (Lipinski definition) is 7. The first kappa shape index (κ1) is 25.7. The van der Waals surface area contributed by atoms with E-state index in [1.807, 2.05) is 43.3 Å². The Morgan fingerprint density at radius 3 is 2.69 bits per heavy atom. The van der Waals surface area contributed by atoms with Crippen LogP contribution in [0.3, 0.4) is 0 Å². The third-order valence-electron chi connectivity index (χ3n) is 6.15. The molecule has 2 aromatic heterocycles. The van der Waals surface area contributed by atoms with Crippen LogP contribution in [0.1, 0.15) is 56.1 Å². The van der Waals surface area contributed by atoms with Crippen LogP contribution in [0.4, 0.5) is 11.4 Å². The van der Waals surface area contributed by atoms with E-state index in [-0.39, 0.29) is 17.6 Å². The van der Waals surface area contributed by atoms with Crippen molar-refractivity contribution in [2.24, 2.45) is 0 Å². The average Bonchev–Trinajstić information content (AvgIpc) is 3.46. The lowest BCUT2D eigenvalue weighted by Crippen LogP contribution is -2.29. The lowest BCUT2D eigenvalue weighted by molar-refractivity contribution is -0.124. The first-order valence-electron chi connectivity index (χ1n) is 12.2. The summed E-state index contributed by atoms with van der Waals surface area (Å²) in [6.45, 7) is 6.40. The van der Waals surface area contributed by atoms with Crippen LogP contribution in [0.15, 0.2) is 42.6 Å². The van der Waals surface area contributed by atoms with Crippen molar-refractivity contribution in [1.82, 2.24) is 9.55 Å².